The molecule has 0 spiro atoms. The van der Waals surface area contributed by atoms with Crippen LogP contribution >= 0.6 is 0 Å². The summed E-state index contributed by atoms with van der Waals surface area (Å²) >= 11 is 0. The van der Waals surface area contributed by atoms with Crippen molar-refractivity contribution in [3.63, 3.8) is 0 Å². The Kier molecular flexibility index (Phi) is 4.91. The number of carboxylic acids is 1. The van der Waals surface area contributed by atoms with E-state index in [1.165, 1.54) is 6.92 Å². The monoisotopic (exact) mass is 265 g/mol. The van der Waals surface area contributed by atoms with Gasteiger partial charge in [-0.25, -0.2) is 13.1 Å². The summed E-state index contributed by atoms with van der Waals surface area (Å²) in [5.41, 5.74) is 0. The van der Waals surface area contributed by atoms with Crippen molar-refractivity contribution in [3.8, 4) is 0 Å². The molecule has 3 unspecified atom stereocenters. The lowest BCUT2D eigenvalue weighted by Crippen LogP contribution is -2.42. The smallest absolute Gasteiger partial charge is 0.307 e. The third-order valence-corrected chi connectivity index (χ3v) is 4.48. The molecular formula is C10H19NO5S. The Morgan fingerprint density at radius 1 is 1.53 bits per heavy atom. The Balaban J connectivity index is 2.50. The average molecular weight is 265 g/mol. The largest absolute Gasteiger partial charge is 0.481 e. The summed E-state index contributed by atoms with van der Waals surface area (Å²) in [4.78, 5) is 10.7. The van der Waals surface area contributed by atoms with Crippen LogP contribution in [-0.2, 0) is 19.6 Å². The molecule has 6 nitrogen and oxygen atoms in total. The number of carboxylic acid groups (broad SMARTS) is 1. The van der Waals surface area contributed by atoms with E-state index in [9.17, 15) is 13.2 Å². The average Bonchev–Trinajstić information content (AvgIpc) is 2.67. The quantitative estimate of drug-likeness (QED) is 0.715. The number of rotatable bonds is 6. The molecular weight excluding hydrogens is 246 g/mol. The van der Waals surface area contributed by atoms with E-state index in [-0.39, 0.29) is 11.9 Å². The molecule has 3 atom stereocenters. The second kappa shape index (κ2) is 5.79. The summed E-state index contributed by atoms with van der Waals surface area (Å²) in [5.74, 6) is -1.87. The number of carbonyl (C=O) groups is 1. The molecule has 1 aliphatic rings. The van der Waals surface area contributed by atoms with Crippen molar-refractivity contribution in [2.45, 2.75) is 38.8 Å². The molecule has 1 heterocycles. The van der Waals surface area contributed by atoms with E-state index < -0.39 is 28.0 Å². The van der Waals surface area contributed by atoms with Crippen LogP contribution in [0.2, 0.25) is 0 Å². The van der Waals surface area contributed by atoms with Gasteiger partial charge in [0.1, 0.15) is 0 Å². The Morgan fingerprint density at radius 3 is 2.65 bits per heavy atom. The van der Waals surface area contributed by atoms with Crippen molar-refractivity contribution in [1.29, 1.82) is 0 Å². The molecule has 0 radical (unpaired) electrons. The molecule has 2 N–H and O–H groups in total. The standard InChI is InChI=1S/C10H19NO5S/c1-7(10(12)13)8(2)11-17(14,15)6-9-4-3-5-16-9/h7-9,11H,3-6H2,1-2H3,(H,12,13). The van der Waals surface area contributed by atoms with Gasteiger partial charge in [0.15, 0.2) is 0 Å². The summed E-state index contributed by atoms with van der Waals surface area (Å²) in [5, 5.41) is 8.77. The lowest BCUT2D eigenvalue weighted by molar-refractivity contribution is -0.141. The fraction of sp³-hybridized carbons (Fsp3) is 0.900. The number of hydrogen-bond acceptors (Lipinski definition) is 4. The number of aliphatic carboxylic acids is 1. The van der Waals surface area contributed by atoms with Crippen molar-refractivity contribution < 1.29 is 23.1 Å². The van der Waals surface area contributed by atoms with E-state index >= 15 is 0 Å². The van der Waals surface area contributed by atoms with Crippen molar-refractivity contribution >= 4 is 16.0 Å². The molecule has 1 saturated heterocycles. The van der Waals surface area contributed by atoms with Gasteiger partial charge in [0.25, 0.3) is 0 Å². The number of sulfonamides is 1. The van der Waals surface area contributed by atoms with E-state index in [0.29, 0.717) is 6.61 Å². The molecule has 0 saturated carbocycles. The van der Waals surface area contributed by atoms with Gasteiger partial charge in [-0.3, -0.25) is 4.79 Å². The van der Waals surface area contributed by atoms with Crippen LogP contribution in [0.25, 0.3) is 0 Å². The SMILES string of the molecule is CC(NS(=O)(=O)CC1CCCO1)C(C)C(=O)O. The zero-order chi connectivity index (χ0) is 13.1. The van der Waals surface area contributed by atoms with Gasteiger partial charge in [-0.2, -0.15) is 0 Å². The van der Waals surface area contributed by atoms with Crippen molar-refractivity contribution in [2.75, 3.05) is 12.4 Å². The Bertz CT molecular complexity index is 361. The second-order valence-electron chi connectivity index (χ2n) is 4.45. The molecule has 100 valence electrons. The summed E-state index contributed by atoms with van der Waals surface area (Å²) < 4.78 is 31.1. The zero-order valence-electron chi connectivity index (χ0n) is 10.0. The minimum atomic E-state index is -3.48. The van der Waals surface area contributed by atoms with Gasteiger partial charge in [0.05, 0.1) is 17.8 Å². The molecule has 0 aromatic carbocycles. The van der Waals surface area contributed by atoms with Crippen LogP contribution in [0.4, 0.5) is 0 Å². The first kappa shape index (κ1) is 14.4. The fourth-order valence-electron chi connectivity index (χ4n) is 1.67. The predicted octanol–water partition coefficient (Wildman–Crippen LogP) is 0.194. The molecule has 0 aromatic rings. The maximum absolute atomic E-state index is 11.7. The third-order valence-electron chi connectivity index (χ3n) is 2.93. The predicted molar refractivity (Wildman–Crippen MR) is 62.2 cm³/mol. The van der Waals surface area contributed by atoms with E-state index in [0.717, 1.165) is 12.8 Å². The summed E-state index contributed by atoms with van der Waals surface area (Å²) in [6.07, 6.45) is 1.35. The second-order valence-corrected chi connectivity index (χ2v) is 6.25. The van der Waals surface area contributed by atoms with E-state index in [4.69, 9.17) is 9.84 Å². The minimum absolute atomic E-state index is 0.0936. The molecule has 17 heavy (non-hydrogen) atoms. The number of nitrogens with one attached hydrogen (secondary N) is 1. The zero-order valence-corrected chi connectivity index (χ0v) is 10.9. The Morgan fingerprint density at radius 2 is 2.18 bits per heavy atom. The first-order chi connectivity index (χ1) is 7.82. The van der Waals surface area contributed by atoms with E-state index in [1.807, 2.05) is 0 Å². The first-order valence-corrected chi connectivity index (χ1v) is 7.31. The van der Waals surface area contributed by atoms with E-state index in [1.54, 1.807) is 6.92 Å². The van der Waals surface area contributed by atoms with Crippen LogP contribution in [0.15, 0.2) is 0 Å². The first-order valence-electron chi connectivity index (χ1n) is 5.66. The topological polar surface area (TPSA) is 92.7 Å². The Hall–Kier alpha value is -0.660. The molecule has 7 heteroatoms. The van der Waals surface area contributed by atoms with Gasteiger partial charge in [0.2, 0.25) is 10.0 Å². The van der Waals surface area contributed by atoms with Crippen LogP contribution in [0.3, 0.4) is 0 Å². The van der Waals surface area contributed by atoms with Crippen molar-refractivity contribution in [1.82, 2.24) is 4.72 Å². The van der Waals surface area contributed by atoms with Gasteiger partial charge in [0, 0.05) is 12.6 Å². The van der Waals surface area contributed by atoms with Gasteiger partial charge in [-0.05, 0) is 19.8 Å². The summed E-state index contributed by atoms with van der Waals surface area (Å²) in [7, 11) is -3.48. The van der Waals surface area contributed by atoms with Crippen LogP contribution in [0.5, 0.6) is 0 Å². The highest BCUT2D eigenvalue weighted by atomic mass is 32.2. The van der Waals surface area contributed by atoms with Crippen LogP contribution in [-0.4, -0.2) is 44.0 Å². The highest BCUT2D eigenvalue weighted by molar-refractivity contribution is 7.89. The highest BCUT2D eigenvalue weighted by Crippen LogP contribution is 2.14. The molecule has 0 aliphatic carbocycles. The maximum Gasteiger partial charge on any atom is 0.307 e. The van der Waals surface area contributed by atoms with Crippen LogP contribution in [0, 0.1) is 5.92 Å². The molecule has 1 fully saturated rings. The maximum atomic E-state index is 11.7. The highest BCUT2D eigenvalue weighted by Gasteiger charge is 2.27. The van der Waals surface area contributed by atoms with E-state index in [2.05, 4.69) is 4.72 Å². The number of ether oxygens (including phenoxy) is 1. The molecule has 0 amide bonds. The van der Waals surface area contributed by atoms with Crippen LogP contribution in [0.1, 0.15) is 26.7 Å². The van der Waals surface area contributed by atoms with Crippen LogP contribution < -0.4 is 4.72 Å². The summed E-state index contributed by atoms with van der Waals surface area (Å²) in [6.45, 7) is 3.62. The Labute approximate surface area is 101 Å². The molecule has 0 bridgehead atoms. The third kappa shape index (κ3) is 4.61. The van der Waals surface area contributed by atoms with Gasteiger partial charge in [-0.15, -0.1) is 0 Å². The summed E-state index contributed by atoms with van der Waals surface area (Å²) in [6, 6.07) is -0.626. The van der Waals surface area contributed by atoms with Gasteiger partial charge in [-0.1, -0.05) is 6.92 Å². The van der Waals surface area contributed by atoms with Gasteiger partial charge < -0.3 is 9.84 Å². The molecule has 0 aromatic heterocycles. The van der Waals surface area contributed by atoms with Gasteiger partial charge >= 0.3 is 5.97 Å². The minimum Gasteiger partial charge on any atom is -0.481 e. The molecule has 1 rings (SSSR count). The normalized spacial score (nSPS) is 24.5. The van der Waals surface area contributed by atoms with Crippen molar-refractivity contribution in [3.05, 3.63) is 0 Å². The lowest BCUT2D eigenvalue weighted by atomic mass is 10.1. The molecule has 1 aliphatic heterocycles. The fourth-order valence-corrected chi connectivity index (χ4v) is 3.29. The number of hydrogen-bond donors (Lipinski definition) is 2. The van der Waals surface area contributed by atoms with Crippen molar-refractivity contribution in [2.24, 2.45) is 5.92 Å². The lowest BCUT2D eigenvalue weighted by Gasteiger charge is -2.19.